The Bertz CT molecular complexity index is 389. The summed E-state index contributed by atoms with van der Waals surface area (Å²) in [5.41, 5.74) is 0.167. The molecule has 1 fully saturated rings. The number of anilines is 1. The fraction of sp³-hybridized carbons (Fsp3) is 0.400. The molecular weight excluding hydrogens is 228 g/mol. The first-order valence-electron chi connectivity index (χ1n) is 4.63. The summed E-state index contributed by atoms with van der Waals surface area (Å²) in [6.45, 7) is 3.73. The van der Waals surface area contributed by atoms with Gasteiger partial charge in [0, 0.05) is 11.9 Å². The normalized spacial score (nSPS) is 26.1. The van der Waals surface area contributed by atoms with Gasteiger partial charge >= 0.3 is 0 Å². The summed E-state index contributed by atoms with van der Waals surface area (Å²) in [5, 5.41) is 10.1. The third-order valence-electron chi connectivity index (χ3n) is 2.26. The largest absolute Gasteiger partial charge is 0.370 e. The highest BCUT2D eigenvalue weighted by molar-refractivity contribution is 8.23. The fourth-order valence-corrected chi connectivity index (χ4v) is 2.87. The molecule has 0 aromatic carbocycles. The predicted octanol–water partition coefficient (Wildman–Crippen LogP) is 1.94. The van der Waals surface area contributed by atoms with Crippen LogP contribution in [0.15, 0.2) is 18.3 Å². The van der Waals surface area contributed by atoms with Crippen molar-refractivity contribution in [3.05, 3.63) is 23.9 Å². The molecule has 1 N–H and O–H groups in total. The van der Waals surface area contributed by atoms with Gasteiger partial charge in [-0.2, -0.15) is 0 Å². The van der Waals surface area contributed by atoms with Gasteiger partial charge in [-0.3, -0.25) is 4.90 Å². The van der Waals surface area contributed by atoms with Crippen molar-refractivity contribution in [2.45, 2.75) is 19.6 Å². The number of nitrogens with zero attached hydrogens (tertiary/aromatic N) is 2. The van der Waals surface area contributed by atoms with Crippen LogP contribution in [0.2, 0.25) is 0 Å². The van der Waals surface area contributed by atoms with Gasteiger partial charge in [0.1, 0.15) is 10.1 Å². The molecule has 1 aromatic rings. The Morgan fingerprint density at radius 3 is 2.80 bits per heavy atom. The Morgan fingerprint density at radius 1 is 1.60 bits per heavy atom. The van der Waals surface area contributed by atoms with Crippen molar-refractivity contribution in [1.29, 1.82) is 0 Å². The number of pyridine rings is 1. The van der Waals surface area contributed by atoms with E-state index in [1.165, 1.54) is 11.8 Å². The number of aliphatic hydroxyl groups is 1. The maximum absolute atomic E-state index is 10.1. The number of hydrogen-bond acceptors (Lipinski definition) is 4. The molecule has 1 aliphatic heterocycles. The fourth-order valence-electron chi connectivity index (χ4n) is 1.46. The highest BCUT2D eigenvalue weighted by atomic mass is 32.2. The van der Waals surface area contributed by atoms with E-state index in [0.717, 1.165) is 5.56 Å². The van der Waals surface area contributed by atoms with Gasteiger partial charge in [-0.05, 0) is 25.5 Å². The van der Waals surface area contributed by atoms with E-state index in [-0.39, 0.29) is 0 Å². The van der Waals surface area contributed by atoms with E-state index < -0.39 is 5.72 Å². The van der Waals surface area contributed by atoms with Crippen molar-refractivity contribution in [1.82, 2.24) is 4.98 Å². The molecule has 1 unspecified atom stereocenters. The van der Waals surface area contributed by atoms with E-state index in [0.29, 0.717) is 15.9 Å². The van der Waals surface area contributed by atoms with Gasteiger partial charge in [0.2, 0.25) is 0 Å². The van der Waals surface area contributed by atoms with Gasteiger partial charge in [0.25, 0.3) is 0 Å². The highest BCUT2D eigenvalue weighted by Crippen LogP contribution is 2.34. The third kappa shape index (κ3) is 2.00. The maximum Gasteiger partial charge on any atom is 0.151 e. The molecule has 3 nitrogen and oxygen atoms in total. The zero-order valence-electron chi connectivity index (χ0n) is 8.60. The van der Waals surface area contributed by atoms with Crippen LogP contribution in [0, 0.1) is 6.92 Å². The second kappa shape index (κ2) is 3.73. The first-order chi connectivity index (χ1) is 7.00. The van der Waals surface area contributed by atoms with E-state index in [4.69, 9.17) is 12.2 Å². The number of aromatic nitrogens is 1. The van der Waals surface area contributed by atoms with Crippen LogP contribution in [0.25, 0.3) is 0 Å². The average molecular weight is 240 g/mol. The lowest BCUT2D eigenvalue weighted by Gasteiger charge is -2.29. The molecule has 0 radical (unpaired) electrons. The SMILES string of the molecule is Cc1ccc(N2C(=S)SCC2(C)O)nc1. The number of thioether (sulfide) groups is 1. The third-order valence-corrected chi connectivity index (χ3v) is 3.92. The molecule has 0 spiro atoms. The molecule has 0 bridgehead atoms. The monoisotopic (exact) mass is 240 g/mol. The van der Waals surface area contributed by atoms with E-state index in [2.05, 4.69) is 4.98 Å². The van der Waals surface area contributed by atoms with Gasteiger partial charge < -0.3 is 5.11 Å². The Kier molecular flexibility index (Phi) is 2.70. The van der Waals surface area contributed by atoms with E-state index in [9.17, 15) is 5.11 Å². The highest BCUT2D eigenvalue weighted by Gasteiger charge is 2.39. The van der Waals surface area contributed by atoms with Crippen LogP contribution in [-0.4, -0.2) is 25.9 Å². The van der Waals surface area contributed by atoms with Gasteiger partial charge in [0.05, 0.1) is 0 Å². The minimum absolute atomic E-state index is 0.585. The lowest BCUT2D eigenvalue weighted by molar-refractivity contribution is 0.0994. The predicted molar refractivity (Wildman–Crippen MR) is 67.1 cm³/mol. The topological polar surface area (TPSA) is 36.4 Å². The zero-order valence-corrected chi connectivity index (χ0v) is 10.2. The number of hydrogen-bond donors (Lipinski definition) is 1. The van der Waals surface area contributed by atoms with Crippen LogP contribution in [-0.2, 0) is 0 Å². The molecule has 0 amide bonds. The van der Waals surface area contributed by atoms with Gasteiger partial charge in [-0.15, -0.1) is 0 Å². The van der Waals surface area contributed by atoms with E-state index >= 15 is 0 Å². The smallest absolute Gasteiger partial charge is 0.151 e. The Labute approximate surface area is 98.5 Å². The minimum Gasteiger partial charge on any atom is -0.370 e. The van der Waals surface area contributed by atoms with Crippen molar-refractivity contribution in [3.63, 3.8) is 0 Å². The summed E-state index contributed by atoms with van der Waals surface area (Å²) in [6.07, 6.45) is 1.77. The summed E-state index contributed by atoms with van der Waals surface area (Å²) in [5.74, 6) is 1.29. The minimum atomic E-state index is -0.927. The summed E-state index contributed by atoms with van der Waals surface area (Å²) >= 11 is 6.67. The van der Waals surface area contributed by atoms with Gasteiger partial charge in [-0.25, -0.2) is 4.98 Å². The molecule has 1 saturated heterocycles. The second-order valence-electron chi connectivity index (χ2n) is 3.80. The molecule has 80 valence electrons. The van der Waals surface area contributed by atoms with Crippen molar-refractivity contribution >= 4 is 34.1 Å². The first kappa shape index (κ1) is 10.9. The Morgan fingerprint density at radius 2 is 2.33 bits per heavy atom. The quantitative estimate of drug-likeness (QED) is 0.759. The van der Waals surface area contributed by atoms with Crippen LogP contribution >= 0.6 is 24.0 Å². The molecule has 15 heavy (non-hydrogen) atoms. The van der Waals surface area contributed by atoms with E-state index in [1.807, 2.05) is 19.1 Å². The maximum atomic E-state index is 10.1. The van der Waals surface area contributed by atoms with Crippen LogP contribution < -0.4 is 4.90 Å². The number of thiocarbonyl (C=S) groups is 1. The van der Waals surface area contributed by atoms with Crippen molar-refractivity contribution in [3.8, 4) is 0 Å². The van der Waals surface area contributed by atoms with Gasteiger partial charge in [0.15, 0.2) is 5.72 Å². The first-order valence-corrected chi connectivity index (χ1v) is 6.02. The number of rotatable bonds is 1. The van der Waals surface area contributed by atoms with Crippen LogP contribution in [0.1, 0.15) is 12.5 Å². The van der Waals surface area contributed by atoms with Gasteiger partial charge in [-0.1, -0.05) is 30.0 Å². The molecule has 1 aliphatic rings. The lowest BCUT2D eigenvalue weighted by Crippen LogP contribution is -2.45. The lowest BCUT2D eigenvalue weighted by atomic mass is 10.2. The summed E-state index contributed by atoms with van der Waals surface area (Å²) < 4.78 is 0.677. The molecule has 5 heteroatoms. The zero-order chi connectivity index (χ0) is 11.1. The molecule has 0 saturated carbocycles. The molecule has 1 atom stereocenters. The molecule has 1 aromatic heterocycles. The van der Waals surface area contributed by atoms with Crippen LogP contribution in [0.4, 0.5) is 5.82 Å². The molecule has 0 aliphatic carbocycles. The van der Waals surface area contributed by atoms with Crippen molar-refractivity contribution in [2.24, 2.45) is 0 Å². The Hall–Kier alpha value is -0.650. The average Bonchev–Trinajstić information content (AvgIpc) is 2.43. The van der Waals surface area contributed by atoms with Crippen LogP contribution in [0.5, 0.6) is 0 Å². The molecular formula is C10H12N2OS2. The Balaban J connectivity index is 2.37. The molecule has 2 heterocycles. The standard InChI is InChI=1S/C10H12N2OS2/c1-7-3-4-8(11-5-7)12-9(14)15-6-10(12,2)13/h3-5,13H,6H2,1-2H3. The van der Waals surface area contributed by atoms with Crippen molar-refractivity contribution in [2.75, 3.05) is 10.7 Å². The summed E-state index contributed by atoms with van der Waals surface area (Å²) in [7, 11) is 0. The van der Waals surface area contributed by atoms with Crippen LogP contribution in [0.3, 0.4) is 0 Å². The summed E-state index contributed by atoms with van der Waals surface area (Å²) in [4.78, 5) is 5.97. The van der Waals surface area contributed by atoms with Crippen molar-refractivity contribution < 1.29 is 5.11 Å². The van der Waals surface area contributed by atoms with E-state index in [1.54, 1.807) is 18.0 Å². The second-order valence-corrected chi connectivity index (χ2v) is 5.41. The summed E-state index contributed by atoms with van der Waals surface area (Å²) in [6, 6.07) is 3.84. The molecule has 2 rings (SSSR count). The number of aryl methyl sites for hydroxylation is 1.